The van der Waals surface area contributed by atoms with Gasteiger partial charge in [-0.05, 0) is 29.8 Å². The van der Waals surface area contributed by atoms with Crippen molar-refractivity contribution in [3.63, 3.8) is 0 Å². The smallest absolute Gasteiger partial charge is 0.337 e. The van der Waals surface area contributed by atoms with E-state index in [9.17, 15) is 19.7 Å². The van der Waals surface area contributed by atoms with Crippen molar-refractivity contribution in [2.45, 2.75) is 0 Å². The molecule has 0 spiro atoms. The number of ketones is 1. The molecule has 2 aromatic rings. The van der Waals surface area contributed by atoms with Crippen LogP contribution in [-0.2, 0) is 4.74 Å². The molecular weight excluding hydrogens is 298 g/mol. The number of nitrogens with zero attached hydrogens (tertiary/aromatic N) is 1. The summed E-state index contributed by atoms with van der Waals surface area (Å²) in [4.78, 5) is 33.7. The molecular formula is C17H13NO5. The summed E-state index contributed by atoms with van der Waals surface area (Å²) in [5.74, 6) is -0.911. The molecule has 116 valence electrons. The Morgan fingerprint density at radius 1 is 1.09 bits per heavy atom. The summed E-state index contributed by atoms with van der Waals surface area (Å²) in [6.45, 7) is 0. The zero-order chi connectivity index (χ0) is 16.8. The highest BCUT2D eigenvalue weighted by atomic mass is 16.6. The van der Waals surface area contributed by atoms with Crippen LogP contribution in [0.2, 0.25) is 0 Å². The van der Waals surface area contributed by atoms with Crippen LogP contribution in [0.1, 0.15) is 26.3 Å². The van der Waals surface area contributed by atoms with Crippen molar-refractivity contribution in [2.75, 3.05) is 7.11 Å². The van der Waals surface area contributed by atoms with Crippen LogP contribution in [0.4, 0.5) is 5.69 Å². The van der Waals surface area contributed by atoms with Gasteiger partial charge in [-0.1, -0.05) is 30.3 Å². The number of methoxy groups -OCH3 is 1. The van der Waals surface area contributed by atoms with Crippen molar-refractivity contribution in [3.8, 4) is 0 Å². The van der Waals surface area contributed by atoms with E-state index in [0.29, 0.717) is 11.1 Å². The largest absolute Gasteiger partial charge is 0.465 e. The molecule has 0 amide bonds. The molecule has 0 unspecified atom stereocenters. The van der Waals surface area contributed by atoms with E-state index in [2.05, 4.69) is 4.74 Å². The molecule has 23 heavy (non-hydrogen) atoms. The Labute approximate surface area is 132 Å². The molecule has 0 aliphatic carbocycles. The van der Waals surface area contributed by atoms with Gasteiger partial charge < -0.3 is 4.74 Å². The van der Waals surface area contributed by atoms with Gasteiger partial charge in [-0.25, -0.2) is 4.79 Å². The summed E-state index contributed by atoms with van der Waals surface area (Å²) < 4.78 is 4.59. The third kappa shape index (κ3) is 3.88. The maximum absolute atomic E-state index is 12.1. The molecule has 0 atom stereocenters. The normalized spacial score (nSPS) is 10.5. The Hall–Kier alpha value is -3.28. The maximum Gasteiger partial charge on any atom is 0.337 e. The number of esters is 1. The number of ether oxygens (including phenoxy) is 1. The topological polar surface area (TPSA) is 86.5 Å². The fourth-order valence-electron chi connectivity index (χ4n) is 1.95. The van der Waals surface area contributed by atoms with Crippen LogP contribution in [-0.4, -0.2) is 23.8 Å². The van der Waals surface area contributed by atoms with Crippen molar-refractivity contribution in [3.05, 3.63) is 81.4 Å². The second-order valence-corrected chi connectivity index (χ2v) is 4.59. The molecule has 0 saturated heterocycles. The average molecular weight is 311 g/mol. The number of rotatable bonds is 5. The molecule has 0 heterocycles. The van der Waals surface area contributed by atoms with Gasteiger partial charge in [-0.3, -0.25) is 14.9 Å². The van der Waals surface area contributed by atoms with Crippen LogP contribution in [0.25, 0.3) is 6.08 Å². The number of benzene rings is 2. The molecule has 0 saturated carbocycles. The van der Waals surface area contributed by atoms with E-state index >= 15 is 0 Å². The van der Waals surface area contributed by atoms with E-state index < -0.39 is 16.7 Å². The quantitative estimate of drug-likeness (QED) is 0.278. The lowest BCUT2D eigenvalue weighted by Gasteiger charge is -2.00. The van der Waals surface area contributed by atoms with Crippen LogP contribution < -0.4 is 0 Å². The zero-order valence-electron chi connectivity index (χ0n) is 12.3. The Balaban J connectivity index is 2.19. The molecule has 2 aromatic carbocycles. The third-order valence-electron chi connectivity index (χ3n) is 3.13. The molecule has 2 rings (SSSR count). The van der Waals surface area contributed by atoms with Crippen LogP contribution >= 0.6 is 0 Å². The van der Waals surface area contributed by atoms with Gasteiger partial charge >= 0.3 is 5.97 Å². The number of carbonyl (C=O) groups excluding carboxylic acids is 2. The Morgan fingerprint density at radius 3 is 2.35 bits per heavy atom. The van der Waals surface area contributed by atoms with Gasteiger partial charge in [0.2, 0.25) is 0 Å². The van der Waals surface area contributed by atoms with Gasteiger partial charge in [-0.15, -0.1) is 0 Å². The van der Waals surface area contributed by atoms with Gasteiger partial charge in [-0.2, -0.15) is 0 Å². The van der Waals surface area contributed by atoms with E-state index in [0.717, 1.165) is 0 Å². The van der Waals surface area contributed by atoms with E-state index in [-0.39, 0.29) is 11.3 Å². The van der Waals surface area contributed by atoms with Crippen LogP contribution in [0, 0.1) is 10.1 Å². The van der Waals surface area contributed by atoms with Crippen LogP contribution in [0.15, 0.2) is 54.6 Å². The second-order valence-electron chi connectivity index (χ2n) is 4.59. The van der Waals surface area contributed by atoms with Crippen molar-refractivity contribution < 1.29 is 19.2 Å². The lowest BCUT2D eigenvalue weighted by molar-refractivity contribution is -0.385. The summed E-state index contributed by atoms with van der Waals surface area (Å²) in [5, 5.41) is 10.9. The Kier molecular flexibility index (Phi) is 4.99. The summed E-state index contributed by atoms with van der Waals surface area (Å²) in [6, 6.07) is 12.2. The molecule has 0 radical (unpaired) electrons. The number of hydrogen-bond donors (Lipinski definition) is 0. The first kappa shape index (κ1) is 16.1. The highest BCUT2D eigenvalue weighted by Crippen LogP contribution is 2.19. The van der Waals surface area contributed by atoms with E-state index in [1.54, 1.807) is 30.3 Å². The number of hydrogen-bond acceptors (Lipinski definition) is 5. The number of allylic oxidation sites excluding steroid dienone is 1. The summed E-state index contributed by atoms with van der Waals surface area (Å²) in [5.41, 5.74) is 0.877. The molecule has 0 N–H and O–H groups in total. The third-order valence-corrected chi connectivity index (χ3v) is 3.13. The fourth-order valence-corrected chi connectivity index (χ4v) is 1.95. The molecule has 6 nitrogen and oxygen atoms in total. The first-order valence-corrected chi connectivity index (χ1v) is 6.67. The Bertz CT molecular complexity index is 778. The van der Waals surface area contributed by atoms with Gasteiger partial charge in [0.05, 0.1) is 23.2 Å². The fraction of sp³-hybridized carbons (Fsp3) is 0.0588. The van der Waals surface area contributed by atoms with E-state index in [4.69, 9.17) is 0 Å². The molecule has 6 heteroatoms. The number of carbonyl (C=O) groups is 2. The summed E-state index contributed by atoms with van der Waals surface area (Å²) in [6.07, 6.45) is 2.79. The van der Waals surface area contributed by atoms with Crippen LogP contribution in [0.5, 0.6) is 0 Å². The minimum atomic E-state index is -0.591. The summed E-state index contributed by atoms with van der Waals surface area (Å²) in [7, 11) is 1.29. The van der Waals surface area contributed by atoms with E-state index in [1.807, 2.05) is 0 Å². The zero-order valence-corrected chi connectivity index (χ0v) is 12.3. The monoisotopic (exact) mass is 311 g/mol. The first-order chi connectivity index (χ1) is 11.0. The predicted octanol–water partition coefficient (Wildman–Crippen LogP) is 3.28. The number of nitro groups is 1. The lowest BCUT2D eigenvalue weighted by atomic mass is 10.1. The van der Waals surface area contributed by atoms with Crippen LogP contribution in [0.3, 0.4) is 0 Å². The average Bonchev–Trinajstić information content (AvgIpc) is 2.59. The highest BCUT2D eigenvalue weighted by molar-refractivity contribution is 6.09. The number of para-hydroxylation sites is 1. The first-order valence-electron chi connectivity index (χ1n) is 6.67. The molecule has 0 bridgehead atoms. The maximum atomic E-state index is 12.1. The minimum absolute atomic E-state index is 0.0277. The molecule has 0 fully saturated rings. The van der Waals surface area contributed by atoms with E-state index in [1.165, 1.54) is 37.5 Å². The van der Waals surface area contributed by atoms with Gasteiger partial charge in [0.15, 0.2) is 5.78 Å². The second kappa shape index (κ2) is 7.13. The minimum Gasteiger partial charge on any atom is -0.465 e. The lowest BCUT2D eigenvalue weighted by Crippen LogP contribution is -2.01. The predicted molar refractivity (Wildman–Crippen MR) is 84.2 cm³/mol. The standard InChI is InChI=1S/C17H13NO5/c1-23-17(20)13-9-6-12(7-10-13)8-11-16(19)14-4-2-3-5-15(14)18(21)22/h2-11H,1H3/b11-8+. The SMILES string of the molecule is COC(=O)c1ccc(/C=C/C(=O)c2ccccc2[N+](=O)[O-])cc1. The van der Waals surface area contributed by atoms with Gasteiger partial charge in [0.1, 0.15) is 0 Å². The van der Waals surface area contributed by atoms with Gasteiger partial charge in [0.25, 0.3) is 5.69 Å². The van der Waals surface area contributed by atoms with Crippen molar-refractivity contribution in [1.29, 1.82) is 0 Å². The molecule has 0 aliphatic heterocycles. The summed E-state index contributed by atoms with van der Waals surface area (Å²) >= 11 is 0. The molecule has 0 aliphatic rings. The van der Waals surface area contributed by atoms with Crippen molar-refractivity contribution in [1.82, 2.24) is 0 Å². The Morgan fingerprint density at radius 2 is 1.74 bits per heavy atom. The van der Waals surface area contributed by atoms with Crippen molar-refractivity contribution >= 4 is 23.5 Å². The van der Waals surface area contributed by atoms with Gasteiger partial charge in [0, 0.05) is 6.07 Å². The molecule has 0 aromatic heterocycles. The highest BCUT2D eigenvalue weighted by Gasteiger charge is 2.16. The number of nitro benzene ring substituents is 1. The van der Waals surface area contributed by atoms with Crippen molar-refractivity contribution in [2.24, 2.45) is 0 Å².